The molecule has 1 fully saturated rings. The van der Waals surface area contributed by atoms with Crippen LogP contribution in [-0.2, 0) is 0 Å². The Labute approximate surface area is 114 Å². The first-order chi connectivity index (χ1) is 8.70. The zero-order valence-corrected chi connectivity index (χ0v) is 11.7. The zero-order valence-electron chi connectivity index (χ0n) is 10.8. The summed E-state index contributed by atoms with van der Waals surface area (Å²) in [4.78, 5) is 4.58. The van der Waals surface area contributed by atoms with Crippen LogP contribution in [-0.4, -0.2) is 43.4 Å². The number of nitrogens with zero attached hydrogens (tertiary/aromatic N) is 2. The Morgan fingerprint density at radius 2 is 1.89 bits per heavy atom. The highest BCUT2D eigenvalue weighted by atomic mass is 32.1. The lowest BCUT2D eigenvalue weighted by molar-refractivity contribution is 0.232. The number of anilines is 1. The van der Waals surface area contributed by atoms with Gasteiger partial charge in [-0.25, -0.2) is 4.39 Å². The third-order valence-corrected chi connectivity index (χ3v) is 4.07. The van der Waals surface area contributed by atoms with E-state index in [1.165, 1.54) is 6.07 Å². The SMILES string of the molecule is CC(CS)CN1CCN(c2ccccc2F)CC1. The fourth-order valence-electron chi connectivity index (χ4n) is 2.38. The molecule has 4 heteroatoms. The summed E-state index contributed by atoms with van der Waals surface area (Å²) in [7, 11) is 0. The molecule has 0 bridgehead atoms. The third kappa shape index (κ3) is 3.39. The highest BCUT2D eigenvalue weighted by Gasteiger charge is 2.19. The molecule has 1 aliphatic rings. The van der Waals surface area contributed by atoms with E-state index in [1.807, 2.05) is 12.1 Å². The van der Waals surface area contributed by atoms with Crippen molar-refractivity contribution in [3.63, 3.8) is 0 Å². The van der Waals surface area contributed by atoms with Gasteiger partial charge in [0.15, 0.2) is 0 Å². The minimum atomic E-state index is -0.116. The third-order valence-electron chi connectivity index (χ3n) is 3.45. The van der Waals surface area contributed by atoms with Crippen molar-refractivity contribution in [1.82, 2.24) is 4.90 Å². The second kappa shape index (κ2) is 6.43. The summed E-state index contributed by atoms with van der Waals surface area (Å²) in [6.45, 7) is 7.13. The molecule has 0 N–H and O–H groups in total. The Balaban J connectivity index is 1.89. The van der Waals surface area contributed by atoms with E-state index in [-0.39, 0.29) is 5.82 Å². The van der Waals surface area contributed by atoms with Crippen LogP contribution < -0.4 is 4.90 Å². The molecule has 1 aliphatic heterocycles. The Morgan fingerprint density at radius 1 is 1.22 bits per heavy atom. The first-order valence-corrected chi connectivity index (χ1v) is 7.16. The molecule has 2 rings (SSSR count). The van der Waals surface area contributed by atoms with E-state index in [4.69, 9.17) is 0 Å². The summed E-state index contributed by atoms with van der Waals surface area (Å²) in [5, 5.41) is 0. The van der Waals surface area contributed by atoms with Crippen LogP contribution in [0, 0.1) is 11.7 Å². The summed E-state index contributed by atoms with van der Waals surface area (Å²) in [6, 6.07) is 7.03. The molecule has 0 aromatic heterocycles. The molecule has 1 aromatic rings. The van der Waals surface area contributed by atoms with E-state index >= 15 is 0 Å². The van der Waals surface area contributed by atoms with Gasteiger partial charge in [0.1, 0.15) is 5.82 Å². The van der Waals surface area contributed by atoms with Crippen molar-refractivity contribution in [3.8, 4) is 0 Å². The summed E-state index contributed by atoms with van der Waals surface area (Å²) in [5.74, 6) is 1.43. The van der Waals surface area contributed by atoms with Gasteiger partial charge in [0.25, 0.3) is 0 Å². The maximum Gasteiger partial charge on any atom is 0.146 e. The summed E-state index contributed by atoms with van der Waals surface area (Å²) in [6.07, 6.45) is 0. The fraction of sp³-hybridized carbons (Fsp3) is 0.571. The number of halogens is 1. The molecule has 0 aliphatic carbocycles. The molecule has 1 atom stereocenters. The van der Waals surface area contributed by atoms with Crippen molar-refractivity contribution in [2.75, 3.05) is 43.4 Å². The number of para-hydroxylation sites is 1. The normalized spacial score (nSPS) is 18.9. The first-order valence-electron chi connectivity index (χ1n) is 6.53. The molecule has 1 unspecified atom stereocenters. The maximum absolute atomic E-state index is 13.7. The number of hydrogen-bond acceptors (Lipinski definition) is 3. The van der Waals surface area contributed by atoms with Crippen molar-refractivity contribution in [1.29, 1.82) is 0 Å². The van der Waals surface area contributed by atoms with Gasteiger partial charge in [0.2, 0.25) is 0 Å². The molecule has 1 heterocycles. The van der Waals surface area contributed by atoms with Crippen molar-refractivity contribution in [2.45, 2.75) is 6.92 Å². The lowest BCUT2D eigenvalue weighted by Crippen LogP contribution is -2.48. The summed E-state index contributed by atoms with van der Waals surface area (Å²) < 4.78 is 13.7. The lowest BCUT2D eigenvalue weighted by atomic mass is 10.1. The van der Waals surface area contributed by atoms with Crippen LogP contribution in [0.2, 0.25) is 0 Å². The first kappa shape index (κ1) is 13.7. The minimum Gasteiger partial charge on any atom is -0.367 e. The second-order valence-electron chi connectivity index (χ2n) is 5.03. The average Bonchev–Trinajstić information content (AvgIpc) is 2.40. The van der Waals surface area contributed by atoms with Crippen LogP contribution >= 0.6 is 12.6 Å². The highest BCUT2D eigenvalue weighted by molar-refractivity contribution is 7.80. The molecule has 0 saturated carbocycles. The topological polar surface area (TPSA) is 6.48 Å². The van der Waals surface area contributed by atoms with Crippen LogP contribution in [0.15, 0.2) is 24.3 Å². The lowest BCUT2D eigenvalue weighted by Gasteiger charge is -2.37. The second-order valence-corrected chi connectivity index (χ2v) is 5.39. The van der Waals surface area contributed by atoms with Crippen molar-refractivity contribution < 1.29 is 4.39 Å². The Bertz CT molecular complexity index is 378. The summed E-state index contributed by atoms with van der Waals surface area (Å²) in [5.41, 5.74) is 0.736. The van der Waals surface area contributed by atoms with Crippen LogP contribution in [0.1, 0.15) is 6.92 Å². The maximum atomic E-state index is 13.7. The van der Waals surface area contributed by atoms with Gasteiger partial charge in [-0.2, -0.15) is 12.6 Å². The average molecular weight is 268 g/mol. The van der Waals surface area contributed by atoms with Gasteiger partial charge in [-0.3, -0.25) is 4.90 Å². The van der Waals surface area contributed by atoms with Gasteiger partial charge < -0.3 is 4.90 Å². The molecule has 0 spiro atoms. The molecule has 0 amide bonds. The van der Waals surface area contributed by atoms with Crippen LogP contribution in [0.25, 0.3) is 0 Å². The number of rotatable bonds is 4. The van der Waals surface area contributed by atoms with E-state index in [0.29, 0.717) is 5.92 Å². The smallest absolute Gasteiger partial charge is 0.146 e. The van der Waals surface area contributed by atoms with Crippen molar-refractivity contribution >= 4 is 18.3 Å². The number of thiol groups is 1. The molecule has 0 radical (unpaired) electrons. The van der Waals surface area contributed by atoms with E-state index in [9.17, 15) is 4.39 Å². The monoisotopic (exact) mass is 268 g/mol. The van der Waals surface area contributed by atoms with Crippen molar-refractivity contribution in [3.05, 3.63) is 30.1 Å². The molecule has 2 nitrogen and oxygen atoms in total. The predicted octanol–water partition coefficient (Wildman–Crippen LogP) is 2.51. The van der Waals surface area contributed by atoms with E-state index in [1.54, 1.807) is 6.07 Å². The molecule has 100 valence electrons. The van der Waals surface area contributed by atoms with E-state index in [2.05, 4.69) is 29.4 Å². The van der Waals surface area contributed by atoms with Crippen LogP contribution in [0.5, 0.6) is 0 Å². The number of benzene rings is 1. The molecule has 1 aromatic carbocycles. The Morgan fingerprint density at radius 3 is 2.50 bits per heavy atom. The minimum absolute atomic E-state index is 0.116. The van der Waals surface area contributed by atoms with Gasteiger partial charge in [0, 0.05) is 32.7 Å². The van der Waals surface area contributed by atoms with Gasteiger partial charge in [-0.15, -0.1) is 0 Å². The predicted molar refractivity (Wildman–Crippen MR) is 78.1 cm³/mol. The number of hydrogen-bond donors (Lipinski definition) is 1. The Hall–Kier alpha value is -0.740. The molecular formula is C14H21FN2S. The summed E-state index contributed by atoms with van der Waals surface area (Å²) >= 11 is 4.32. The van der Waals surface area contributed by atoms with E-state index < -0.39 is 0 Å². The van der Waals surface area contributed by atoms with Crippen LogP contribution in [0.3, 0.4) is 0 Å². The largest absolute Gasteiger partial charge is 0.367 e. The van der Waals surface area contributed by atoms with Crippen molar-refractivity contribution in [2.24, 2.45) is 5.92 Å². The molecule has 1 saturated heterocycles. The number of piperazine rings is 1. The molecular weight excluding hydrogens is 247 g/mol. The Kier molecular flexibility index (Phi) is 4.89. The van der Waals surface area contributed by atoms with Gasteiger partial charge in [-0.1, -0.05) is 19.1 Å². The standard InChI is InChI=1S/C14H21FN2S/c1-12(11-18)10-16-6-8-17(9-7-16)14-5-3-2-4-13(14)15/h2-5,12,18H,6-11H2,1H3. The van der Waals surface area contributed by atoms with Crippen LogP contribution in [0.4, 0.5) is 10.1 Å². The van der Waals surface area contributed by atoms with E-state index in [0.717, 1.165) is 44.2 Å². The zero-order chi connectivity index (χ0) is 13.0. The molecule has 18 heavy (non-hydrogen) atoms. The van der Waals surface area contributed by atoms with Gasteiger partial charge in [-0.05, 0) is 23.8 Å². The fourth-order valence-corrected chi connectivity index (χ4v) is 2.49. The van der Waals surface area contributed by atoms with Gasteiger partial charge in [0.05, 0.1) is 5.69 Å². The van der Waals surface area contributed by atoms with Gasteiger partial charge >= 0.3 is 0 Å². The highest BCUT2D eigenvalue weighted by Crippen LogP contribution is 2.20. The quantitative estimate of drug-likeness (QED) is 0.838.